The minimum Gasteiger partial charge on any atom is -0.481 e. The molecule has 1 N–H and O–H groups in total. The van der Waals surface area contributed by atoms with Crippen molar-refractivity contribution in [1.82, 2.24) is 0 Å². The molecule has 0 radical (unpaired) electrons. The highest BCUT2D eigenvalue weighted by Crippen LogP contribution is 2.26. The zero-order valence-corrected chi connectivity index (χ0v) is 14.3. The number of nitrogens with one attached hydrogen (secondary N) is 1. The molecule has 0 spiro atoms. The Balaban J connectivity index is 2.13. The average molecular weight is 349 g/mol. The van der Waals surface area contributed by atoms with E-state index in [4.69, 9.17) is 16.3 Å². The first-order valence-electron chi connectivity index (χ1n) is 7.26. The Morgan fingerprint density at radius 3 is 2.58 bits per heavy atom. The fraction of sp³-hybridized carbons (Fsp3) is 0.235. The molecule has 0 aliphatic heterocycles. The number of rotatable bonds is 5. The molecule has 0 fully saturated rings. The highest BCUT2D eigenvalue weighted by molar-refractivity contribution is 6.30. The molecule has 7 heteroatoms. The zero-order chi connectivity index (χ0) is 17.9. The van der Waals surface area contributed by atoms with Gasteiger partial charge in [0.05, 0.1) is 4.92 Å². The van der Waals surface area contributed by atoms with E-state index in [0.29, 0.717) is 10.8 Å². The number of nitro benzene ring substituents is 1. The van der Waals surface area contributed by atoms with Gasteiger partial charge in [0.15, 0.2) is 6.10 Å². The monoisotopic (exact) mass is 348 g/mol. The van der Waals surface area contributed by atoms with Crippen LogP contribution in [0, 0.1) is 24.0 Å². The Morgan fingerprint density at radius 2 is 1.96 bits per heavy atom. The molecule has 6 nitrogen and oxygen atoms in total. The highest BCUT2D eigenvalue weighted by Gasteiger charge is 2.21. The summed E-state index contributed by atoms with van der Waals surface area (Å²) < 4.78 is 5.62. The SMILES string of the molecule is Cc1ccc(NC(=O)[C@H](C)Oc2ccc(Cl)cc2C)c([N+](=O)[O-])c1. The third-order valence-corrected chi connectivity index (χ3v) is 3.65. The number of hydrogen-bond donors (Lipinski definition) is 1. The zero-order valence-electron chi connectivity index (χ0n) is 13.5. The number of ether oxygens (including phenoxy) is 1. The molecule has 2 rings (SSSR count). The van der Waals surface area contributed by atoms with Gasteiger partial charge in [0, 0.05) is 11.1 Å². The third-order valence-electron chi connectivity index (χ3n) is 3.42. The van der Waals surface area contributed by atoms with Crippen LogP contribution in [0.15, 0.2) is 36.4 Å². The van der Waals surface area contributed by atoms with E-state index >= 15 is 0 Å². The lowest BCUT2D eigenvalue weighted by atomic mass is 10.2. The van der Waals surface area contributed by atoms with Crippen molar-refractivity contribution in [3.8, 4) is 5.75 Å². The van der Waals surface area contributed by atoms with Crippen LogP contribution in [-0.4, -0.2) is 16.9 Å². The number of nitro groups is 1. The molecule has 1 amide bonds. The topological polar surface area (TPSA) is 81.5 Å². The maximum atomic E-state index is 12.3. The molecule has 0 aliphatic carbocycles. The van der Waals surface area contributed by atoms with Crippen molar-refractivity contribution in [3.63, 3.8) is 0 Å². The summed E-state index contributed by atoms with van der Waals surface area (Å²) in [6.45, 7) is 5.13. The van der Waals surface area contributed by atoms with Crippen molar-refractivity contribution in [3.05, 3.63) is 62.7 Å². The molecule has 0 saturated carbocycles. The quantitative estimate of drug-likeness (QED) is 0.646. The molecule has 126 valence electrons. The number of anilines is 1. The number of halogens is 1. The smallest absolute Gasteiger partial charge is 0.293 e. The van der Waals surface area contributed by atoms with Crippen LogP contribution in [-0.2, 0) is 4.79 Å². The van der Waals surface area contributed by atoms with E-state index in [1.807, 2.05) is 6.92 Å². The standard InChI is InChI=1S/C17H17ClN2O4/c1-10-4-6-14(15(8-10)20(22)23)19-17(21)12(3)24-16-7-5-13(18)9-11(16)2/h4-9,12H,1-3H3,(H,19,21)/t12-/m0/s1. The Bertz CT molecular complexity index is 792. The van der Waals surface area contributed by atoms with E-state index in [9.17, 15) is 14.9 Å². The number of hydrogen-bond acceptors (Lipinski definition) is 4. The van der Waals surface area contributed by atoms with E-state index in [1.165, 1.54) is 12.1 Å². The molecule has 1 atom stereocenters. The predicted molar refractivity (Wildman–Crippen MR) is 92.7 cm³/mol. The van der Waals surface area contributed by atoms with Crippen molar-refractivity contribution in [2.75, 3.05) is 5.32 Å². The number of nitrogens with zero attached hydrogens (tertiary/aromatic N) is 1. The van der Waals surface area contributed by atoms with E-state index in [1.54, 1.807) is 38.1 Å². The highest BCUT2D eigenvalue weighted by atomic mass is 35.5. The third kappa shape index (κ3) is 4.23. The Morgan fingerprint density at radius 1 is 1.25 bits per heavy atom. The van der Waals surface area contributed by atoms with Gasteiger partial charge >= 0.3 is 0 Å². The van der Waals surface area contributed by atoms with Crippen LogP contribution in [0.1, 0.15) is 18.1 Å². The number of carbonyl (C=O) groups excluding carboxylic acids is 1. The van der Waals surface area contributed by atoms with Crippen molar-refractivity contribution in [1.29, 1.82) is 0 Å². The Kier molecular flexibility index (Phi) is 5.41. The van der Waals surface area contributed by atoms with Gasteiger partial charge in [0.2, 0.25) is 0 Å². The maximum absolute atomic E-state index is 12.3. The van der Waals surface area contributed by atoms with Crippen LogP contribution in [0.4, 0.5) is 11.4 Å². The van der Waals surface area contributed by atoms with Gasteiger partial charge in [-0.25, -0.2) is 0 Å². The van der Waals surface area contributed by atoms with Crippen molar-refractivity contribution in [2.45, 2.75) is 26.9 Å². The summed E-state index contributed by atoms with van der Waals surface area (Å²) in [6, 6.07) is 9.68. The largest absolute Gasteiger partial charge is 0.481 e. The van der Waals surface area contributed by atoms with Crippen LogP contribution in [0.3, 0.4) is 0 Å². The lowest BCUT2D eigenvalue weighted by molar-refractivity contribution is -0.384. The van der Waals surface area contributed by atoms with Crippen LogP contribution >= 0.6 is 11.6 Å². The van der Waals surface area contributed by atoms with E-state index in [-0.39, 0.29) is 11.4 Å². The number of carbonyl (C=O) groups is 1. The van der Waals surface area contributed by atoms with Gasteiger partial charge in [-0.1, -0.05) is 17.7 Å². The minimum atomic E-state index is -0.828. The van der Waals surface area contributed by atoms with Gasteiger partial charge in [0.1, 0.15) is 11.4 Å². The molecule has 0 aliphatic rings. The average Bonchev–Trinajstić information content (AvgIpc) is 2.51. The molecule has 0 aromatic heterocycles. The van der Waals surface area contributed by atoms with E-state index < -0.39 is 16.9 Å². The summed E-state index contributed by atoms with van der Waals surface area (Å²) in [6.07, 6.45) is -0.828. The second kappa shape index (κ2) is 7.31. The van der Waals surface area contributed by atoms with Crippen molar-refractivity contribution in [2.24, 2.45) is 0 Å². The first-order valence-corrected chi connectivity index (χ1v) is 7.64. The van der Waals surface area contributed by atoms with Gasteiger partial charge in [0.25, 0.3) is 11.6 Å². The van der Waals surface area contributed by atoms with Gasteiger partial charge in [-0.05, 0) is 56.2 Å². The Hall–Kier alpha value is -2.60. The van der Waals surface area contributed by atoms with Gasteiger partial charge in [-0.3, -0.25) is 14.9 Å². The molecule has 0 saturated heterocycles. The fourth-order valence-electron chi connectivity index (χ4n) is 2.12. The lowest BCUT2D eigenvalue weighted by Gasteiger charge is -2.16. The number of amides is 1. The molecule has 24 heavy (non-hydrogen) atoms. The van der Waals surface area contributed by atoms with Gasteiger partial charge in [-0.15, -0.1) is 0 Å². The molecular formula is C17H17ClN2O4. The van der Waals surface area contributed by atoms with Gasteiger partial charge in [-0.2, -0.15) is 0 Å². The summed E-state index contributed by atoms with van der Waals surface area (Å²) in [5.74, 6) is 0.0526. The number of benzene rings is 2. The summed E-state index contributed by atoms with van der Waals surface area (Å²) in [5.41, 5.74) is 1.52. The molecule has 0 heterocycles. The van der Waals surface area contributed by atoms with E-state index in [2.05, 4.69) is 5.32 Å². The Labute approximate surface area is 144 Å². The number of aryl methyl sites for hydroxylation is 2. The molecule has 0 unspecified atom stereocenters. The second-order valence-electron chi connectivity index (χ2n) is 5.44. The van der Waals surface area contributed by atoms with Crippen LogP contribution < -0.4 is 10.1 Å². The van der Waals surface area contributed by atoms with Crippen LogP contribution in [0.25, 0.3) is 0 Å². The second-order valence-corrected chi connectivity index (χ2v) is 5.87. The first-order chi connectivity index (χ1) is 11.3. The molecule has 2 aromatic rings. The maximum Gasteiger partial charge on any atom is 0.293 e. The fourth-order valence-corrected chi connectivity index (χ4v) is 2.35. The minimum absolute atomic E-state index is 0.138. The van der Waals surface area contributed by atoms with Gasteiger partial charge < -0.3 is 10.1 Å². The predicted octanol–water partition coefficient (Wildman–Crippen LogP) is 4.27. The van der Waals surface area contributed by atoms with E-state index in [0.717, 1.165) is 11.1 Å². The summed E-state index contributed by atoms with van der Waals surface area (Å²) in [7, 11) is 0. The molecule has 2 aromatic carbocycles. The van der Waals surface area contributed by atoms with Crippen molar-refractivity contribution >= 4 is 28.9 Å². The summed E-state index contributed by atoms with van der Waals surface area (Å²) in [4.78, 5) is 22.8. The first kappa shape index (κ1) is 17.7. The lowest BCUT2D eigenvalue weighted by Crippen LogP contribution is -2.30. The summed E-state index contributed by atoms with van der Waals surface area (Å²) in [5, 5.41) is 14.2. The van der Waals surface area contributed by atoms with Crippen LogP contribution in [0.2, 0.25) is 5.02 Å². The molecule has 0 bridgehead atoms. The van der Waals surface area contributed by atoms with Crippen molar-refractivity contribution < 1.29 is 14.5 Å². The van der Waals surface area contributed by atoms with Crippen LogP contribution in [0.5, 0.6) is 5.75 Å². The summed E-state index contributed by atoms with van der Waals surface area (Å²) >= 11 is 5.88. The normalized spacial score (nSPS) is 11.7. The molecular weight excluding hydrogens is 332 g/mol.